The maximum atomic E-state index is 13.0. The van der Waals surface area contributed by atoms with Crippen LogP contribution in [0.2, 0.25) is 0 Å². The Labute approximate surface area is 161 Å². The number of thiophene rings is 1. The Balaban J connectivity index is 1.97. The lowest BCUT2D eigenvalue weighted by Crippen LogP contribution is -2.40. The van der Waals surface area contributed by atoms with Crippen molar-refractivity contribution in [1.82, 2.24) is 14.9 Å². The van der Waals surface area contributed by atoms with Gasteiger partial charge in [0.05, 0.1) is 10.3 Å². The van der Waals surface area contributed by atoms with Crippen LogP contribution in [-0.2, 0) is 17.8 Å². The summed E-state index contributed by atoms with van der Waals surface area (Å²) in [5.74, 6) is -0.705. The number of aromatic nitrogens is 2. The maximum absolute atomic E-state index is 13.0. The lowest BCUT2D eigenvalue weighted by Gasteiger charge is -2.13. The van der Waals surface area contributed by atoms with E-state index in [0.29, 0.717) is 33.6 Å². The average Bonchev–Trinajstić information content (AvgIpc) is 2.80. The number of unbranched alkanes of at least 4 members (excludes halogenated alkanes) is 1. The van der Waals surface area contributed by atoms with Gasteiger partial charge in [-0.2, -0.15) is 0 Å². The molecule has 3 heterocycles. The first-order valence-corrected chi connectivity index (χ1v) is 10.3. The molecule has 0 aliphatic carbocycles. The molecule has 1 unspecified atom stereocenters. The molecule has 1 aliphatic heterocycles. The van der Waals surface area contributed by atoms with E-state index in [-0.39, 0.29) is 5.56 Å². The fraction of sp³-hybridized carbons (Fsp3) is 0.579. The van der Waals surface area contributed by atoms with Gasteiger partial charge in [-0.3, -0.25) is 14.2 Å². The Bertz CT molecular complexity index is 931. The number of carboxylic acids is 1. The van der Waals surface area contributed by atoms with Crippen LogP contribution in [0.4, 0.5) is 0 Å². The normalized spacial score (nSPS) is 15.2. The molecule has 1 amide bonds. The van der Waals surface area contributed by atoms with Gasteiger partial charge in [0.15, 0.2) is 0 Å². The fourth-order valence-electron chi connectivity index (χ4n) is 3.52. The SMILES string of the molecule is CCCCC(NC(=O)c1sc2nc3n(c(=O)c2c1C)CCCCC3)C(=O)O. The van der Waals surface area contributed by atoms with E-state index in [1.54, 1.807) is 11.5 Å². The van der Waals surface area contributed by atoms with Crippen molar-refractivity contribution in [2.75, 3.05) is 0 Å². The topological polar surface area (TPSA) is 101 Å². The molecule has 3 rings (SSSR count). The molecule has 2 N–H and O–H groups in total. The number of fused-ring (bicyclic) bond motifs is 2. The third-order valence-electron chi connectivity index (χ3n) is 5.07. The number of carbonyl (C=O) groups is 2. The zero-order valence-corrected chi connectivity index (χ0v) is 16.5. The molecule has 0 bridgehead atoms. The Kier molecular flexibility index (Phi) is 5.94. The van der Waals surface area contributed by atoms with Crippen molar-refractivity contribution in [2.45, 2.75) is 71.4 Å². The lowest BCUT2D eigenvalue weighted by atomic mass is 10.1. The van der Waals surface area contributed by atoms with Gasteiger partial charge in [-0.1, -0.05) is 26.2 Å². The van der Waals surface area contributed by atoms with Gasteiger partial charge in [0.1, 0.15) is 16.7 Å². The van der Waals surface area contributed by atoms with E-state index in [1.165, 1.54) is 11.3 Å². The van der Waals surface area contributed by atoms with E-state index in [4.69, 9.17) is 0 Å². The summed E-state index contributed by atoms with van der Waals surface area (Å²) in [5, 5.41) is 12.4. The van der Waals surface area contributed by atoms with Crippen LogP contribution in [0.1, 0.15) is 66.5 Å². The maximum Gasteiger partial charge on any atom is 0.326 e. The van der Waals surface area contributed by atoms with Gasteiger partial charge >= 0.3 is 5.97 Å². The number of hydrogen-bond donors (Lipinski definition) is 2. The van der Waals surface area contributed by atoms with E-state index in [1.807, 2.05) is 6.92 Å². The van der Waals surface area contributed by atoms with Gasteiger partial charge in [-0.25, -0.2) is 9.78 Å². The number of hydrogen-bond acceptors (Lipinski definition) is 5. The molecule has 0 radical (unpaired) electrons. The lowest BCUT2D eigenvalue weighted by molar-refractivity contribution is -0.139. The molecule has 0 aromatic carbocycles. The zero-order chi connectivity index (χ0) is 19.6. The Morgan fingerprint density at radius 2 is 2.11 bits per heavy atom. The van der Waals surface area contributed by atoms with Gasteiger partial charge in [0.25, 0.3) is 11.5 Å². The fourth-order valence-corrected chi connectivity index (χ4v) is 4.61. The number of carbonyl (C=O) groups excluding carboxylic acids is 1. The van der Waals surface area contributed by atoms with Crippen molar-refractivity contribution in [3.8, 4) is 0 Å². The summed E-state index contributed by atoms with van der Waals surface area (Å²) in [6.45, 7) is 4.37. The van der Waals surface area contributed by atoms with Crippen molar-refractivity contribution in [3.63, 3.8) is 0 Å². The molecule has 0 saturated carbocycles. The predicted octanol–water partition coefficient (Wildman–Crippen LogP) is 2.87. The first kappa shape index (κ1) is 19.5. The second-order valence-electron chi connectivity index (χ2n) is 7.04. The minimum absolute atomic E-state index is 0.0922. The molecular formula is C19H25N3O4S. The van der Waals surface area contributed by atoms with Crippen molar-refractivity contribution in [2.24, 2.45) is 0 Å². The molecule has 0 saturated heterocycles. The summed E-state index contributed by atoms with van der Waals surface area (Å²) in [7, 11) is 0. The van der Waals surface area contributed by atoms with Crippen LogP contribution in [0.5, 0.6) is 0 Å². The molecule has 146 valence electrons. The van der Waals surface area contributed by atoms with E-state index < -0.39 is 17.9 Å². The molecule has 1 atom stereocenters. The molecular weight excluding hydrogens is 366 g/mol. The summed E-state index contributed by atoms with van der Waals surface area (Å²) >= 11 is 1.17. The number of rotatable bonds is 6. The zero-order valence-electron chi connectivity index (χ0n) is 15.7. The van der Waals surface area contributed by atoms with Crippen LogP contribution in [0, 0.1) is 6.92 Å². The van der Waals surface area contributed by atoms with Gasteiger partial charge in [-0.05, 0) is 31.7 Å². The van der Waals surface area contributed by atoms with Crippen LogP contribution in [-0.4, -0.2) is 32.6 Å². The Morgan fingerprint density at radius 1 is 1.33 bits per heavy atom. The molecule has 0 spiro atoms. The number of amides is 1. The number of nitrogens with one attached hydrogen (secondary N) is 1. The predicted molar refractivity (Wildman–Crippen MR) is 105 cm³/mol. The van der Waals surface area contributed by atoms with Gasteiger partial charge in [0, 0.05) is 13.0 Å². The quantitative estimate of drug-likeness (QED) is 0.788. The number of aryl methyl sites for hydroxylation is 2. The molecule has 7 nitrogen and oxygen atoms in total. The van der Waals surface area contributed by atoms with Gasteiger partial charge < -0.3 is 10.4 Å². The van der Waals surface area contributed by atoms with Crippen molar-refractivity contribution < 1.29 is 14.7 Å². The van der Waals surface area contributed by atoms with E-state index >= 15 is 0 Å². The largest absolute Gasteiger partial charge is 0.480 e. The molecule has 2 aromatic rings. The van der Waals surface area contributed by atoms with Crippen LogP contribution >= 0.6 is 11.3 Å². The Morgan fingerprint density at radius 3 is 2.81 bits per heavy atom. The van der Waals surface area contributed by atoms with Crippen molar-refractivity contribution in [1.29, 1.82) is 0 Å². The van der Waals surface area contributed by atoms with E-state index in [0.717, 1.165) is 44.3 Å². The first-order valence-electron chi connectivity index (χ1n) is 9.50. The third-order valence-corrected chi connectivity index (χ3v) is 6.25. The highest BCUT2D eigenvalue weighted by Crippen LogP contribution is 2.28. The monoisotopic (exact) mass is 391 g/mol. The summed E-state index contributed by atoms with van der Waals surface area (Å²) in [6.07, 6.45) is 5.77. The standard InChI is InChI=1S/C19H25N3O4S/c1-3-4-8-12(19(25)26)20-16(23)15-11(2)14-17(27-15)21-13-9-6-5-7-10-22(13)18(14)24/h12H,3-10H2,1-2H3,(H,20,23)(H,25,26). The highest BCUT2D eigenvalue weighted by atomic mass is 32.1. The second-order valence-corrected chi connectivity index (χ2v) is 8.04. The van der Waals surface area contributed by atoms with E-state index in [2.05, 4.69) is 10.3 Å². The molecule has 8 heteroatoms. The minimum Gasteiger partial charge on any atom is -0.480 e. The number of carboxylic acid groups (broad SMARTS) is 1. The van der Waals surface area contributed by atoms with Crippen molar-refractivity contribution >= 4 is 33.4 Å². The number of aliphatic carboxylic acids is 1. The van der Waals surface area contributed by atoms with Crippen LogP contribution in [0.15, 0.2) is 4.79 Å². The van der Waals surface area contributed by atoms with Crippen LogP contribution in [0.25, 0.3) is 10.2 Å². The number of nitrogens with zero attached hydrogens (tertiary/aromatic N) is 2. The average molecular weight is 391 g/mol. The molecule has 27 heavy (non-hydrogen) atoms. The molecule has 2 aromatic heterocycles. The smallest absolute Gasteiger partial charge is 0.326 e. The molecule has 0 fully saturated rings. The summed E-state index contributed by atoms with van der Waals surface area (Å²) in [5.41, 5.74) is 0.495. The summed E-state index contributed by atoms with van der Waals surface area (Å²) < 4.78 is 1.73. The van der Waals surface area contributed by atoms with Gasteiger partial charge in [-0.15, -0.1) is 11.3 Å². The minimum atomic E-state index is -1.04. The summed E-state index contributed by atoms with van der Waals surface area (Å²) in [4.78, 5) is 42.7. The first-order chi connectivity index (χ1) is 12.9. The van der Waals surface area contributed by atoms with Crippen LogP contribution < -0.4 is 10.9 Å². The second kappa shape index (κ2) is 8.21. The van der Waals surface area contributed by atoms with E-state index in [9.17, 15) is 19.5 Å². The Hall–Kier alpha value is -2.22. The highest BCUT2D eigenvalue weighted by molar-refractivity contribution is 7.20. The van der Waals surface area contributed by atoms with Crippen LogP contribution in [0.3, 0.4) is 0 Å². The van der Waals surface area contributed by atoms with Crippen molar-refractivity contribution in [3.05, 3.63) is 26.6 Å². The summed E-state index contributed by atoms with van der Waals surface area (Å²) in [6, 6.07) is -0.923. The molecule has 1 aliphatic rings. The third kappa shape index (κ3) is 3.90. The van der Waals surface area contributed by atoms with Gasteiger partial charge in [0.2, 0.25) is 0 Å². The highest BCUT2D eigenvalue weighted by Gasteiger charge is 2.25.